The fourth-order valence-corrected chi connectivity index (χ4v) is 22.0. The molecule has 0 fully saturated rings. The van der Waals surface area contributed by atoms with Gasteiger partial charge < -0.3 is 14.0 Å². The fraction of sp³-hybridized carbons (Fsp3) is 0. The lowest BCUT2D eigenvalue weighted by Crippen LogP contribution is -2.04. The molecule has 17 aromatic carbocycles. The van der Waals surface area contributed by atoms with Gasteiger partial charge in [0.05, 0.1) is 44.7 Å². The van der Waals surface area contributed by atoms with Crippen LogP contribution >= 0.6 is 22.7 Å². The second-order valence-corrected chi connectivity index (χ2v) is 34.5. The van der Waals surface area contributed by atoms with E-state index >= 15 is 0 Å². The standard InChI is InChI=1S/C112H62N8O2S2/c1-4-18-63(19-5-1)64-35-38-68(39-36-64)105-83-47-41-65-37-40-72(53-84(65)106(83)118-112(117-105)120-96-32-13-11-27-78(96)86-54-69(44-49-98(86)120)71-45-50-101-87(56-71)91-59-88-80-30-17-51-113-110(80)121-99-33-15-28-81(103(88)99)108(91)123-101)75-57-92-89-60-90-79-46-42-73(58-102(79)124-107(90)82-29-16-34-100(104(82)89)122-111(92)114-62-75)70-43-48-97-85(55-70)77-26-10-12-31-95(77)119(97)76-25-14-24-74(52-76)109-115-93(66-20-6-2-7-21-66)61-94(116-109)67-22-8-3-9-23-67/h1-62H. The Balaban J connectivity index is 0.559. The molecule has 0 atom stereocenters. The van der Waals surface area contributed by atoms with Gasteiger partial charge in [0.1, 0.15) is 11.5 Å². The van der Waals surface area contributed by atoms with Gasteiger partial charge in [0.25, 0.3) is 0 Å². The molecule has 0 saturated heterocycles. The summed E-state index contributed by atoms with van der Waals surface area (Å²) >= 11 is 3.68. The number of ether oxygens (including phenoxy) is 2. The maximum Gasteiger partial charge on any atom is 0.235 e. The number of aromatic nitrogens is 8. The molecule has 10 nitrogen and oxygen atoms in total. The molecule has 8 aromatic heterocycles. The van der Waals surface area contributed by atoms with E-state index in [-0.39, 0.29) is 0 Å². The molecule has 0 amide bonds. The highest BCUT2D eigenvalue weighted by Crippen LogP contribution is 2.55. The third-order valence-electron chi connectivity index (χ3n) is 25.4. The summed E-state index contributed by atoms with van der Waals surface area (Å²) in [5.74, 6) is 4.11. The molecule has 0 N–H and O–H groups in total. The second kappa shape index (κ2) is 26.7. The molecule has 25 aromatic rings. The largest absolute Gasteiger partial charge is 0.438 e. The van der Waals surface area contributed by atoms with Crippen molar-refractivity contribution in [3.63, 3.8) is 0 Å². The third-order valence-corrected chi connectivity index (χ3v) is 27.9. The molecule has 27 rings (SSSR count). The molecule has 124 heavy (non-hydrogen) atoms. The highest BCUT2D eigenvalue weighted by molar-refractivity contribution is 7.27. The Morgan fingerprint density at radius 1 is 0.258 bits per heavy atom. The number of pyridine rings is 2. The first-order valence-electron chi connectivity index (χ1n) is 41.6. The highest BCUT2D eigenvalue weighted by Gasteiger charge is 2.29. The minimum absolute atomic E-state index is 0.578. The van der Waals surface area contributed by atoms with E-state index in [0.29, 0.717) is 23.5 Å². The van der Waals surface area contributed by atoms with E-state index < -0.39 is 0 Å². The normalized spacial score (nSPS) is 12.3. The number of benzene rings is 17. The molecule has 0 saturated carbocycles. The van der Waals surface area contributed by atoms with Crippen LogP contribution in [-0.2, 0) is 0 Å². The zero-order valence-corrected chi connectivity index (χ0v) is 67.6. The molecular weight excluding hydrogens is 1550 g/mol. The van der Waals surface area contributed by atoms with Crippen LogP contribution in [0.2, 0.25) is 0 Å². The van der Waals surface area contributed by atoms with Crippen LogP contribution in [0.4, 0.5) is 0 Å². The zero-order valence-electron chi connectivity index (χ0n) is 66.0. The van der Waals surface area contributed by atoms with Crippen molar-refractivity contribution < 1.29 is 9.47 Å². The molecule has 10 heterocycles. The van der Waals surface area contributed by atoms with E-state index in [2.05, 4.69) is 360 Å². The summed E-state index contributed by atoms with van der Waals surface area (Å²) in [5.41, 5.74) is 25.8. The van der Waals surface area contributed by atoms with Crippen LogP contribution in [0, 0.1) is 0 Å². The lowest BCUT2D eigenvalue weighted by molar-refractivity contribution is 0.467. The monoisotopic (exact) mass is 1610 g/mol. The molecule has 0 spiro atoms. The molecule has 0 unspecified atom stereocenters. The van der Waals surface area contributed by atoms with Gasteiger partial charge >= 0.3 is 0 Å². The number of rotatable bonds is 10. The predicted octanol–water partition coefficient (Wildman–Crippen LogP) is 30.5. The Morgan fingerprint density at radius 3 is 1.48 bits per heavy atom. The van der Waals surface area contributed by atoms with E-state index in [1.807, 2.05) is 47.1 Å². The van der Waals surface area contributed by atoms with Crippen molar-refractivity contribution in [3.05, 3.63) is 376 Å². The summed E-state index contributed by atoms with van der Waals surface area (Å²) in [6.45, 7) is 0. The first kappa shape index (κ1) is 68.8. The average molecular weight is 1620 g/mol. The summed E-state index contributed by atoms with van der Waals surface area (Å²) in [5, 5.41) is 17.0. The van der Waals surface area contributed by atoms with Gasteiger partial charge in [-0.15, -0.1) is 22.7 Å². The van der Waals surface area contributed by atoms with Crippen LogP contribution in [0.3, 0.4) is 0 Å². The van der Waals surface area contributed by atoms with Crippen LogP contribution in [-0.4, -0.2) is 39.0 Å². The van der Waals surface area contributed by atoms with Crippen molar-refractivity contribution in [3.8, 4) is 147 Å². The minimum atomic E-state index is 0.578. The molecule has 0 radical (unpaired) electrons. The quantitative estimate of drug-likeness (QED) is 0.125. The minimum Gasteiger partial charge on any atom is -0.438 e. The highest BCUT2D eigenvalue weighted by atomic mass is 32.1. The summed E-state index contributed by atoms with van der Waals surface area (Å²) in [6.07, 6.45) is 3.76. The van der Waals surface area contributed by atoms with E-state index in [1.54, 1.807) is 6.20 Å². The van der Waals surface area contributed by atoms with Gasteiger partial charge in [-0.25, -0.2) is 29.9 Å². The van der Waals surface area contributed by atoms with Crippen LogP contribution in [0.5, 0.6) is 23.3 Å². The molecule has 2 aliphatic heterocycles. The molecule has 574 valence electrons. The molecule has 0 aliphatic carbocycles. The van der Waals surface area contributed by atoms with Gasteiger partial charge in [-0.05, 0) is 183 Å². The lowest BCUT2D eigenvalue weighted by atomic mass is 9.92. The van der Waals surface area contributed by atoms with Gasteiger partial charge in [0.15, 0.2) is 5.82 Å². The topological polar surface area (TPSA) is 106 Å². The van der Waals surface area contributed by atoms with E-state index in [1.165, 1.54) is 56.5 Å². The molecule has 0 bridgehead atoms. The van der Waals surface area contributed by atoms with E-state index in [4.69, 9.17) is 34.4 Å². The third kappa shape index (κ3) is 10.6. The van der Waals surface area contributed by atoms with Crippen molar-refractivity contribution in [2.45, 2.75) is 0 Å². The summed E-state index contributed by atoms with van der Waals surface area (Å²) in [6, 6.07) is 131. The Morgan fingerprint density at radius 2 is 0.766 bits per heavy atom. The van der Waals surface area contributed by atoms with Gasteiger partial charge in [-0.3, -0.25) is 4.57 Å². The summed E-state index contributed by atoms with van der Waals surface area (Å²) in [4.78, 5) is 31.8. The first-order valence-corrected chi connectivity index (χ1v) is 43.3. The average Bonchev–Trinajstić information content (AvgIpc) is 1.47. The smallest absolute Gasteiger partial charge is 0.235 e. The first-order chi connectivity index (χ1) is 61.4. The van der Waals surface area contributed by atoms with Gasteiger partial charge in [0.2, 0.25) is 17.7 Å². The zero-order chi connectivity index (χ0) is 80.9. The Bertz CT molecular complexity index is 8890. The Hall–Kier alpha value is -16.1. The van der Waals surface area contributed by atoms with E-state index in [0.717, 1.165) is 194 Å². The SMILES string of the molecule is c1ccc(-c2ccc(-c3nc(-n4c5ccccc5c5cc(-c6ccc7sc8c9cccc%10c9c(cc8c7c6)-c6cccnc6O%10)ccc54)nc4c3ccc3ccc(-c5cnc6c(c5)-c5cc7c8ccc(-c9ccc%10c(c9)c9ccccc9n%10-c9cccc(-c%10nc(-c%11ccccc%11)cc(-c%11ccccc%11)n%10)c9)cc8sc7c7cccc(c57)O6)cc34)cc2)cc1. The number of thiophene rings is 2. The van der Waals surface area contributed by atoms with Crippen molar-refractivity contribution in [1.82, 2.24) is 39.0 Å². The number of hydrogen-bond donors (Lipinski definition) is 0. The number of hydrogen-bond acceptors (Lipinski definition) is 10. The van der Waals surface area contributed by atoms with Crippen LogP contribution in [0.1, 0.15) is 0 Å². The van der Waals surface area contributed by atoms with Crippen LogP contribution in [0.25, 0.3) is 251 Å². The molecule has 12 heteroatoms. The second-order valence-electron chi connectivity index (χ2n) is 32.3. The summed E-state index contributed by atoms with van der Waals surface area (Å²) in [7, 11) is 0. The van der Waals surface area contributed by atoms with Crippen molar-refractivity contribution in [1.29, 1.82) is 0 Å². The number of fused-ring (bicyclic) bond motifs is 21. The number of nitrogens with zero attached hydrogens (tertiary/aromatic N) is 8. The van der Waals surface area contributed by atoms with Gasteiger partial charge in [0, 0.05) is 151 Å². The van der Waals surface area contributed by atoms with Gasteiger partial charge in [-0.1, -0.05) is 237 Å². The Kier molecular flexibility index (Phi) is 14.8. The Labute approximate surface area is 716 Å². The van der Waals surface area contributed by atoms with Crippen molar-refractivity contribution >= 4 is 150 Å². The van der Waals surface area contributed by atoms with Crippen molar-refractivity contribution in [2.75, 3.05) is 0 Å². The number of para-hydroxylation sites is 2. The van der Waals surface area contributed by atoms with Crippen LogP contribution in [0.15, 0.2) is 376 Å². The van der Waals surface area contributed by atoms with Gasteiger partial charge in [-0.2, -0.15) is 0 Å². The predicted molar refractivity (Wildman–Crippen MR) is 512 cm³/mol. The summed E-state index contributed by atoms with van der Waals surface area (Å²) < 4.78 is 22.8. The molecule has 2 aliphatic rings. The maximum atomic E-state index is 6.88. The van der Waals surface area contributed by atoms with E-state index in [9.17, 15) is 0 Å². The lowest BCUT2D eigenvalue weighted by Gasteiger charge is -2.21. The fourth-order valence-electron chi connectivity index (χ4n) is 19.6. The van der Waals surface area contributed by atoms with Crippen LogP contribution < -0.4 is 9.47 Å². The molecular formula is C112H62N8O2S2. The maximum absolute atomic E-state index is 6.88. The van der Waals surface area contributed by atoms with Crippen molar-refractivity contribution in [2.24, 2.45) is 0 Å².